The Morgan fingerprint density at radius 1 is 1.04 bits per heavy atom. The zero-order valence-corrected chi connectivity index (χ0v) is 16.7. The number of nitrogens with one attached hydrogen (secondary N) is 1. The zero-order chi connectivity index (χ0) is 16.7. The van der Waals surface area contributed by atoms with E-state index in [0.29, 0.717) is 0 Å². The minimum Gasteiger partial charge on any atom is -1.00 e. The fourth-order valence-electron chi connectivity index (χ4n) is 2.30. The average Bonchev–Trinajstić information content (AvgIpc) is 2.76. The minimum absolute atomic E-state index is 0. The third-order valence-corrected chi connectivity index (χ3v) is 4.19. The van der Waals surface area contributed by atoms with Gasteiger partial charge in [0.15, 0.2) is 11.5 Å². The van der Waals surface area contributed by atoms with Gasteiger partial charge in [-0.25, -0.2) is 18.7 Å². The highest BCUT2D eigenvalue weighted by Gasteiger charge is 2.34. The van der Waals surface area contributed by atoms with Gasteiger partial charge in [0, 0.05) is 16.9 Å². The molecule has 2 nitrogen and oxygen atoms in total. The van der Waals surface area contributed by atoms with Gasteiger partial charge in [-0.1, -0.05) is 32.1 Å². The Morgan fingerprint density at radius 3 is 2.13 bits per heavy atom. The molecule has 0 atom stereocenters. The van der Waals surface area contributed by atoms with Gasteiger partial charge >= 0.3 is 5.13 Å². The second-order valence-electron chi connectivity index (χ2n) is 7.43. The van der Waals surface area contributed by atoms with Crippen molar-refractivity contribution in [3.05, 3.63) is 40.9 Å². The van der Waals surface area contributed by atoms with Gasteiger partial charge in [0.25, 0.3) is 0 Å². The molecule has 1 N–H and O–H groups in total. The van der Waals surface area contributed by atoms with Crippen molar-refractivity contribution in [2.45, 2.75) is 52.5 Å². The molecule has 1 aromatic heterocycles. The molecule has 1 heterocycles. The molecule has 0 aliphatic rings. The topological polar surface area (TPSA) is 15.9 Å². The molecule has 23 heavy (non-hydrogen) atoms. The number of rotatable bonds is 2. The van der Waals surface area contributed by atoms with Crippen LogP contribution in [0.25, 0.3) is 0 Å². The van der Waals surface area contributed by atoms with Crippen molar-refractivity contribution in [2.24, 2.45) is 0 Å². The first kappa shape index (κ1) is 20.0. The molecular weight excluding hydrogens is 382 g/mol. The Balaban J connectivity index is 0.00000264. The van der Waals surface area contributed by atoms with Crippen molar-refractivity contribution in [3.63, 3.8) is 0 Å². The lowest BCUT2D eigenvalue weighted by Crippen LogP contribution is -3.00. The monoisotopic (exact) mass is 404 g/mol. The second kappa shape index (κ2) is 6.85. The van der Waals surface area contributed by atoms with Crippen molar-refractivity contribution in [3.8, 4) is 0 Å². The molecule has 0 aliphatic carbocycles. The van der Waals surface area contributed by atoms with Crippen molar-refractivity contribution in [1.29, 1.82) is 0 Å². The summed E-state index contributed by atoms with van der Waals surface area (Å²) in [6, 6.07) is 3.57. The van der Waals surface area contributed by atoms with Crippen LogP contribution in [-0.4, -0.2) is 0 Å². The highest BCUT2D eigenvalue weighted by Crippen LogP contribution is 2.30. The van der Waals surface area contributed by atoms with Crippen LogP contribution in [0.15, 0.2) is 23.6 Å². The van der Waals surface area contributed by atoms with Gasteiger partial charge in [0.2, 0.25) is 0 Å². The van der Waals surface area contributed by atoms with Gasteiger partial charge in [0.05, 0.1) is 0 Å². The SMILES string of the molecule is CC(C)(C)c1csc(Nc2ccc(F)cc2F)[n+]1C(C)(C)C.[Br-]. The summed E-state index contributed by atoms with van der Waals surface area (Å²) in [7, 11) is 0. The van der Waals surface area contributed by atoms with Gasteiger partial charge in [-0.05, 0) is 32.9 Å². The Labute approximate surface area is 151 Å². The number of hydrogen-bond donors (Lipinski definition) is 1. The number of hydrogen-bond acceptors (Lipinski definition) is 2. The maximum Gasteiger partial charge on any atom is 0.339 e. The lowest BCUT2D eigenvalue weighted by Gasteiger charge is -2.25. The Bertz CT molecular complexity index is 685. The first-order valence-electron chi connectivity index (χ1n) is 7.27. The van der Waals surface area contributed by atoms with Crippen molar-refractivity contribution < 1.29 is 30.3 Å². The standard InChI is InChI=1S/C17H22F2N2S.BrH/c1-16(2,3)14-10-22-15(21(14)17(4,5)6)20-13-8-7-11(18)9-12(13)19;/h7-10H,1-6H3;1H. The Hall–Kier alpha value is -1.01. The molecule has 0 fully saturated rings. The molecule has 2 rings (SSSR count). The van der Waals surface area contributed by atoms with E-state index in [9.17, 15) is 8.78 Å². The maximum atomic E-state index is 13.9. The third kappa shape index (κ3) is 4.51. The Morgan fingerprint density at radius 2 is 1.65 bits per heavy atom. The molecule has 0 saturated heterocycles. The van der Waals surface area contributed by atoms with Crippen LogP contribution in [0.1, 0.15) is 47.2 Å². The first-order valence-corrected chi connectivity index (χ1v) is 8.14. The number of anilines is 2. The lowest BCUT2D eigenvalue weighted by atomic mass is 9.91. The summed E-state index contributed by atoms with van der Waals surface area (Å²) in [6.45, 7) is 12.8. The van der Waals surface area contributed by atoms with E-state index in [2.05, 4.69) is 56.8 Å². The van der Waals surface area contributed by atoms with Crippen LogP contribution < -0.4 is 26.9 Å². The molecule has 1 aromatic carbocycles. The predicted octanol–water partition coefficient (Wildman–Crippen LogP) is 2.11. The van der Waals surface area contributed by atoms with Gasteiger partial charge < -0.3 is 17.0 Å². The summed E-state index contributed by atoms with van der Waals surface area (Å²) in [5, 5.41) is 6.04. The van der Waals surface area contributed by atoms with E-state index in [0.717, 1.165) is 11.2 Å². The normalized spacial score (nSPS) is 12.0. The van der Waals surface area contributed by atoms with E-state index < -0.39 is 11.6 Å². The molecule has 0 aliphatic heterocycles. The number of nitrogens with zero attached hydrogens (tertiary/aromatic N) is 1. The Kier molecular flexibility index (Phi) is 5.97. The van der Waals surface area contributed by atoms with Crippen molar-refractivity contribution in [1.82, 2.24) is 0 Å². The molecule has 2 aromatic rings. The summed E-state index contributed by atoms with van der Waals surface area (Å²) < 4.78 is 29.1. The average molecular weight is 405 g/mol. The van der Waals surface area contributed by atoms with Crippen LogP contribution in [-0.2, 0) is 11.0 Å². The predicted molar refractivity (Wildman–Crippen MR) is 87.9 cm³/mol. The van der Waals surface area contributed by atoms with E-state index in [1.165, 1.54) is 29.2 Å². The number of benzene rings is 1. The van der Waals surface area contributed by atoms with Crippen LogP contribution in [0.3, 0.4) is 0 Å². The van der Waals surface area contributed by atoms with E-state index in [1.54, 1.807) is 0 Å². The summed E-state index contributed by atoms with van der Waals surface area (Å²) in [5.74, 6) is -1.17. The molecule has 0 saturated carbocycles. The fourth-order valence-corrected chi connectivity index (χ4v) is 3.62. The number of halogens is 3. The van der Waals surface area contributed by atoms with E-state index in [-0.39, 0.29) is 33.6 Å². The zero-order valence-electron chi connectivity index (χ0n) is 14.3. The lowest BCUT2D eigenvalue weighted by molar-refractivity contribution is -0.746. The van der Waals surface area contributed by atoms with Crippen molar-refractivity contribution in [2.75, 3.05) is 5.32 Å². The van der Waals surface area contributed by atoms with Crippen LogP contribution in [0.4, 0.5) is 19.6 Å². The first-order chi connectivity index (χ1) is 10.00. The van der Waals surface area contributed by atoms with Gasteiger partial charge in [-0.2, -0.15) is 0 Å². The minimum atomic E-state index is -0.592. The number of aromatic nitrogens is 1. The summed E-state index contributed by atoms with van der Waals surface area (Å²) in [4.78, 5) is 0. The second-order valence-corrected chi connectivity index (χ2v) is 8.29. The summed E-state index contributed by atoms with van der Waals surface area (Å²) in [6.07, 6.45) is 0. The van der Waals surface area contributed by atoms with E-state index >= 15 is 0 Å². The van der Waals surface area contributed by atoms with Crippen LogP contribution in [0.5, 0.6) is 0 Å². The quantitative estimate of drug-likeness (QED) is 0.757. The third-order valence-electron chi connectivity index (χ3n) is 3.34. The molecule has 0 spiro atoms. The molecule has 0 radical (unpaired) electrons. The molecule has 0 bridgehead atoms. The van der Waals surface area contributed by atoms with E-state index in [4.69, 9.17) is 0 Å². The smallest absolute Gasteiger partial charge is 0.339 e. The molecule has 0 amide bonds. The molecular formula is C17H23BrF2N2S. The summed E-state index contributed by atoms with van der Waals surface area (Å²) in [5.41, 5.74) is 1.28. The molecule has 0 unspecified atom stereocenters. The van der Waals surface area contributed by atoms with Gasteiger partial charge in [-0.3, -0.25) is 0 Å². The van der Waals surface area contributed by atoms with Crippen LogP contribution in [0.2, 0.25) is 0 Å². The highest BCUT2D eigenvalue weighted by molar-refractivity contribution is 7.13. The highest BCUT2D eigenvalue weighted by atomic mass is 79.9. The largest absolute Gasteiger partial charge is 1.00 e. The van der Waals surface area contributed by atoms with Crippen molar-refractivity contribution >= 4 is 22.2 Å². The van der Waals surface area contributed by atoms with Crippen LogP contribution in [0, 0.1) is 11.6 Å². The molecule has 128 valence electrons. The summed E-state index contributed by atoms with van der Waals surface area (Å²) >= 11 is 1.53. The van der Waals surface area contributed by atoms with Crippen LogP contribution >= 0.6 is 11.3 Å². The maximum absolute atomic E-state index is 13.9. The molecule has 6 heteroatoms. The van der Waals surface area contributed by atoms with E-state index in [1.807, 2.05) is 0 Å². The number of thiazole rings is 1. The fraction of sp³-hybridized carbons (Fsp3) is 0.471. The van der Waals surface area contributed by atoms with Gasteiger partial charge in [0.1, 0.15) is 17.1 Å². The van der Waals surface area contributed by atoms with Gasteiger partial charge in [-0.15, -0.1) is 0 Å².